The third kappa shape index (κ3) is 2.12. The fourth-order valence-corrected chi connectivity index (χ4v) is 2.78. The van der Waals surface area contributed by atoms with Crippen molar-refractivity contribution in [3.63, 3.8) is 0 Å². The minimum atomic E-state index is -0.733. The Bertz CT molecular complexity index is 650. The minimum Gasteiger partial charge on any atom is -0.386 e. The number of nitrogens with zero attached hydrogens (tertiary/aromatic N) is 3. The molecule has 0 saturated carbocycles. The van der Waals surface area contributed by atoms with E-state index in [-0.39, 0.29) is 0 Å². The van der Waals surface area contributed by atoms with Crippen molar-refractivity contribution in [3.05, 3.63) is 52.5 Å². The number of halogens is 1. The van der Waals surface area contributed by atoms with Crippen molar-refractivity contribution in [2.75, 3.05) is 0 Å². The highest BCUT2D eigenvalue weighted by molar-refractivity contribution is 7.15. The van der Waals surface area contributed by atoms with Gasteiger partial charge in [-0.3, -0.25) is 9.38 Å². The molecule has 0 spiro atoms. The fourth-order valence-electron chi connectivity index (χ4n) is 1.81. The maximum atomic E-state index is 10.1. The molecule has 4 nitrogen and oxygen atoms in total. The molecule has 3 rings (SSSR count). The van der Waals surface area contributed by atoms with Crippen LogP contribution >= 0.6 is 22.9 Å². The lowest BCUT2D eigenvalue weighted by molar-refractivity contribution is 0.172. The largest absolute Gasteiger partial charge is 0.386 e. The number of rotatable bonds is 3. The van der Waals surface area contributed by atoms with Crippen molar-refractivity contribution < 1.29 is 5.11 Å². The van der Waals surface area contributed by atoms with E-state index in [0.29, 0.717) is 17.1 Å². The number of aliphatic hydroxyl groups is 1. The van der Waals surface area contributed by atoms with Crippen LogP contribution in [0.3, 0.4) is 0 Å². The number of fused-ring (bicyclic) bond motifs is 1. The van der Waals surface area contributed by atoms with Gasteiger partial charge in [0.2, 0.25) is 0 Å². The van der Waals surface area contributed by atoms with Crippen molar-refractivity contribution >= 4 is 27.9 Å². The number of thiazole rings is 1. The average molecular weight is 280 g/mol. The van der Waals surface area contributed by atoms with Crippen molar-refractivity contribution in [2.24, 2.45) is 0 Å². The van der Waals surface area contributed by atoms with Crippen LogP contribution in [0.1, 0.15) is 17.5 Å². The normalized spacial score (nSPS) is 13.0. The van der Waals surface area contributed by atoms with Gasteiger partial charge in [-0.15, -0.1) is 11.3 Å². The van der Waals surface area contributed by atoms with Gasteiger partial charge in [-0.25, -0.2) is 4.98 Å². The first-order valence-corrected chi connectivity index (χ1v) is 6.69. The molecular weight excluding hydrogens is 270 g/mol. The Morgan fingerprint density at radius 2 is 2.39 bits per heavy atom. The van der Waals surface area contributed by atoms with Crippen LogP contribution in [-0.4, -0.2) is 19.5 Å². The first-order valence-electron chi connectivity index (χ1n) is 5.43. The zero-order valence-corrected chi connectivity index (χ0v) is 10.9. The molecule has 0 radical (unpaired) electrons. The lowest BCUT2D eigenvalue weighted by Gasteiger charge is -2.09. The van der Waals surface area contributed by atoms with Crippen LogP contribution < -0.4 is 0 Å². The summed E-state index contributed by atoms with van der Waals surface area (Å²) in [4.78, 5) is 9.44. The molecule has 3 heterocycles. The van der Waals surface area contributed by atoms with E-state index in [1.54, 1.807) is 29.7 Å². The Hall–Kier alpha value is -1.43. The second kappa shape index (κ2) is 4.68. The molecule has 0 aliphatic carbocycles. The Morgan fingerprint density at radius 1 is 1.50 bits per heavy atom. The second-order valence-corrected chi connectivity index (χ2v) is 5.20. The zero-order valence-electron chi connectivity index (χ0n) is 9.32. The topological polar surface area (TPSA) is 50.4 Å². The van der Waals surface area contributed by atoms with Crippen molar-refractivity contribution in [3.8, 4) is 0 Å². The summed E-state index contributed by atoms with van der Waals surface area (Å²) in [5.74, 6) is 0. The van der Waals surface area contributed by atoms with Gasteiger partial charge >= 0.3 is 0 Å². The van der Waals surface area contributed by atoms with Crippen LogP contribution in [-0.2, 0) is 6.42 Å². The number of aliphatic hydroxyl groups excluding tert-OH is 1. The van der Waals surface area contributed by atoms with Crippen LogP contribution in [0.15, 0.2) is 36.1 Å². The summed E-state index contributed by atoms with van der Waals surface area (Å²) in [5.41, 5.74) is 1.33. The summed E-state index contributed by atoms with van der Waals surface area (Å²) in [7, 11) is 0. The predicted molar refractivity (Wildman–Crippen MR) is 71.0 cm³/mol. The van der Waals surface area contributed by atoms with Crippen LogP contribution in [0.2, 0.25) is 5.02 Å². The minimum absolute atomic E-state index is 0.408. The Balaban J connectivity index is 1.84. The molecule has 0 fully saturated rings. The smallest absolute Gasteiger partial charge is 0.193 e. The van der Waals surface area contributed by atoms with Gasteiger partial charge in [-0.1, -0.05) is 11.6 Å². The molecule has 0 aromatic carbocycles. The summed E-state index contributed by atoms with van der Waals surface area (Å²) in [6.45, 7) is 0. The van der Waals surface area contributed by atoms with E-state index in [1.165, 1.54) is 0 Å². The lowest BCUT2D eigenvalue weighted by atomic mass is 10.1. The van der Waals surface area contributed by atoms with E-state index in [2.05, 4.69) is 9.97 Å². The van der Waals surface area contributed by atoms with Crippen LogP contribution in [0.25, 0.3) is 4.96 Å². The first-order chi connectivity index (χ1) is 8.74. The molecule has 0 saturated heterocycles. The SMILES string of the molecule is OC(Cc1cn2ccsc2n1)c1ncccc1Cl. The highest BCUT2D eigenvalue weighted by atomic mass is 35.5. The van der Waals surface area contributed by atoms with Gasteiger partial charge in [0.1, 0.15) is 6.10 Å². The van der Waals surface area contributed by atoms with Gasteiger partial charge in [-0.05, 0) is 12.1 Å². The molecule has 3 aromatic heterocycles. The zero-order chi connectivity index (χ0) is 12.5. The van der Waals surface area contributed by atoms with Crippen molar-refractivity contribution in [1.82, 2.24) is 14.4 Å². The van der Waals surface area contributed by atoms with Crippen LogP contribution in [0.4, 0.5) is 0 Å². The highest BCUT2D eigenvalue weighted by Crippen LogP contribution is 2.23. The molecule has 0 amide bonds. The van der Waals surface area contributed by atoms with Crippen molar-refractivity contribution in [1.29, 1.82) is 0 Å². The molecule has 92 valence electrons. The van der Waals surface area contributed by atoms with Gasteiger partial charge in [0.15, 0.2) is 4.96 Å². The third-order valence-electron chi connectivity index (χ3n) is 2.65. The number of pyridine rings is 1. The van der Waals surface area contributed by atoms with Gasteiger partial charge < -0.3 is 5.11 Å². The number of imidazole rings is 1. The van der Waals surface area contributed by atoms with Crippen LogP contribution in [0.5, 0.6) is 0 Å². The molecule has 3 aromatic rings. The fraction of sp³-hybridized carbons (Fsp3) is 0.167. The van der Waals surface area contributed by atoms with Gasteiger partial charge in [0.05, 0.1) is 16.4 Å². The maximum absolute atomic E-state index is 10.1. The summed E-state index contributed by atoms with van der Waals surface area (Å²) in [6, 6.07) is 3.46. The van der Waals surface area contributed by atoms with Gasteiger partial charge in [0, 0.05) is 30.4 Å². The van der Waals surface area contributed by atoms with E-state index in [1.807, 2.05) is 22.2 Å². The van der Waals surface area contributed by atoms with E-state index in [0.717, 1.165) is 10.7 Å². The lowest BCUT2D eigenvalue weighted by Crippen LogP contribution is -2.05. The highest BCUT2D eigenvalue weighted by Gasteiger charge is 2.15. The molecular formula is C12H10ClN3OS. The average Bonchev–Trinajstić information content (AvgIpc) is 2.90. The predicted octanol–water partition coefficient (Wildman–Crippen LogP) is 2.72. The number of hydrogen-bond donors (Lipinski definition) is 1. The summed E-state index contributed by atoms with van der Waals surface area (Å²) >= 11 is 7.56. The quantitative estimate of drug-likeness (QED) is 0.802. The Labute approximate surface area is 113 Å². The number of aromatic nitrogens is 3. The number of hydrogen-bond acceptors (Lipinski definition) is 4. The molecule has 0 aliphatic rings. The second-order valence-electron chi connectivity index (χ2n) is 3.92. The monoisotopic (exact) mass is 279 g/mol. The van der Waals surface area contributed by atoms with E-state index in [4.69, 9.17) is 11.6 Å². The molecule has 1 unspecified atom stereocenters. The molecule has 0 bridgehead atoms. The molecule has 1 N–H and O–H groups in total. The Morgan fingerprint density at radius 3 is 3.17 bits per heavy atom. The molecule has 0 aliphatic heterocycles. The maximum Gasteiger partial charge on any atom is 0.193 e. The molecule has 1 atom stereocenters. The standard InChI is InChI=1S/C12H10ClN3OS/c13-9-2-1-3-14-11(9)10(17)6-8-7-16-4-5-18-12(16)15-8/h1-5,7,10,17H,6H2. The van der Waals surface area contributed by atoms with E-state index < -0.39 is 6.10 Å². The van der Waals surface area contributed by atoms with Crippen LogP contribution in [0, 0.1) is 0 Å². The first kappa shape index (κ1) is 11.6. The van der Waals surface area contributed by atoms with Gasteiger partial charge in [0.25, 0.3) is 0 Å². The Kier molecular flexibility index (Phi) is 3.03. The van der Waals surface area contributed by atoms with Gasteiger partial charge in [-0.2, -0.15) is 0 Å². The molecule has 18 heavy (non-hydrogen) atoms. The van der Waals surface area contributed by atoms with E-state index >= 15 is 0 Å². The van der Waals surface area contributed by atoms with Crippen molar-refractivity contribution in [2.45, 2.75) is 12.5 Å². The third-order valence-corrected chi connectivity index (χ3v) is 3.74. The summed E-state index contributed by atoms with van der Waals surface area (Å²) in [6.07, 6.45) is 5.15. The molecule has 6 heteroatoms. The van der Waals surface area contributed by atoms with E-state index in [9.17, 15) is 5.11 Å². The summed E-state index contributed by atoms with van der Waals surface area (Å²) < 4.78 is 1.94. The summed E-state index contributed by atoms with van der Waals surface area (Å²) in [5, 5.41) is 12.6.